The third-order valence-corrected chi connectivity index (χ3v) is 3.70. The number of rotatable bonds is 8. The molecule has 3 N–H and O–H groups in total. The van der Waals surface area contributed by atoms with E-state index >= 15 is 0 Å². The lowest BCUT2D eigenvalue weighted by atomic mass is 10.6. The summed E-state index contributed by atoms with van der Waals surface area (Å²) in [6.07, 6.45) is 1.53. The van der Waals surface area contributed by atoms with Crippen LogP contribution in [0.15, 0.2) is 11.2 Å². The maximum absolute atomic E-state index is 11.9. The Kier molecular flexibility index (Phi) is 5.73. The van der Waals surface area contributed by atoms with Gasteiger partial charge >= 0.3 is 0 Å². The quantitative estimate of drug-likeness (QED) is 0.622. The fourth-order valence-corrected chi connectivity index (χ4v) is 2.45. The van der Waals surface area contributed by atoms with E-state index in [2.05, 4.69) is 9.71 Å². The zero-order chi connectivity index (χ0) is 13.6. The number of nitrogens with zero attached hydrogens (tertiary/aromatic N) is 2. The van der Waals surface area contributed by atoms with Gasteiger partial charge in [0.15, 0.2) is 5.03 Å². The molecule has 0 aromatic carbocycles. The minimum absolute atomic E-state index is 0.0423. The molecule has 18 heavy (non-hydrogen) atoms. The van der Waals surface area contributed by atoms with Crippen molar-refractivity contribution < 1.29 is 13.2 Å². The fourth-order valence-electron chi connectivity index (χ4n) is 1.44. The molecule has 0 spiro atoms. The summed E-state index contributed by atoms with van der Waals surface area (Å²) in [6.45, 7) is 5.74. The summed E-state index contributed by atoms with van der Waals surface area (Å²) >= 11 is 0. The molecule has 0 unspecified atom stereocenters. The highest BCUT2D eigenvalue weighted by Crippen LogP contribution is 2.08. The highest BCUT2D eigenvalue weighted by Gasteiger charge is 2.18. The maximum atomic E-state index is 11.9. The van der Waals surface area contributed by atoms with Crippen LogP contribution in [-0.2, 0) is 21.3 Å². The van der Waals surface area contributed by atoms with Gasteiger partial charge in [-0.2, -0.15) is 0 Å². The highest BCUT2D eigenvalue weighted by atomic mass is 32.2. The van der Waals surface area contributed by atoms with E-state index in [0.717, 1.165) is 0 Å². The first kappa shape index (κ1) is 15.1. The van der Waals surface area contributed by atoms with Crippen LogP contribution in [0.4, 0.5) is 0 Å². The van der Waals surface area contributed by atoms with Crippen molar-refractivity contribution in [3.8, 4) is 0 Å². The van der Waals surface area contributed by atoms with E-state index in [1.165, 1.54) is 6.20 Å². The second-order valence-electron chi connectivity index (χ2n) is 3.71. The van der Waals surface area contributed by atoms with E-state index in [1.807, 2.05) is 6.92 Å². The van der Waals surface area contributed by atoms with Crippen molar-refractivity contribution in [2.75, 3.05) is 26.3 Å². The summed E-state index contributed by atoms with van der Waals surface area (Å²) < 4.78 is 33.1. The SMILES string of the molecule is CCn1cc(S(=O)(=O)NCCOCCN)nc1C. The van der Waals surface area contributed by atoms with Crippen LogP contribution in [0.25, 0.3) is 0 Å². The Morgan fingerprint density at radius 2 is 2.22 bits per heavy atom. The number of aromatic nitrogens is 2. The molecule has 1 rings (SSSR count). The molecule has 0 bridgehead atoms. The molecule has 0 aliphatic rings. The summed E-state index contributed by atoms with van der Waals surface area (Å²) in [5.41, 5.74) is 5.25. The van der Waals surface area contributed by atoms with E-state index in [1.54, 1.807) is 11.5 Å². The number of aryl methyl sites for hydroxylation is 2. The minimum atomic E-state index is -3.55. The Morgan fingerprint density at radius 1 is 1.50 bits per heavy atom. The van der Waals surface area contributed by atoms with Crippen molar-refractivity contribution >= 4 is 10.0 Å². The predicted octanol–water partition coefficient (Wildman–Crippen LogP) is -0.535. The molecule has 8 heteroatoms. The summed E-state index contributed by atoms with van der Waals surface area (Å²) in [4.78, 5) is 4.02. The van der Waals surface area contributed by atoms with Crippen LogP contribution in [0, 0.1) is 6.92 Å². The van der Waals surface area contributed by atoms with Crippen LogP contribution in [0.3, 0.4) is 0 Å². The van der Waals surface area contributed by atoms with E-state index in [4.69, 9.17) is 10.5 Å². The van der Waals surface area contributed by atoms with Gasteiger partial charge in [0, 0.05) is 25.8 Å². The first-order valence-electron chi connectivity index (χ1n) is 5.82. The zero-order valence-electron chi connectivity index (χ0n) is 10.7. The van der Waals surface area contributed by atoms with Gasteiger partial charge in [-0.3, -0.25) is 0 Å². The number of hydrogen-bond acceptors (Lipinski definition) is 5. The topological polar surface area (TPSA) is 99.2 Å². The monoisotopic (exact) mass is 276 g/mol. The van der Waals surface area contributed by atoms with Gasteiger partial charge in [0.25, 0.3) is 10.0 Å². The van der Waals surface area contributed by atoms with E-state index in [9.17, 15) is 8.42 Å². The lowest BCUT2D eigenvalue weighted by Gasteiger charge is -2.04. The number of nitrogens with two attached hydrogens (primary N) is 1. The highest BCUT2D eigenvalue weighted by molar-refractivity contribution is 7.89. The molecule has 0 aliphatic carbocycles. The normalized spacial score (nSPS) is 11.9. The fraction of sp³-hybridized carbons (Fsp3) is 0.700. The van der Waals surface area contributed by atoms with Gasteiger partial charge in [-0.25, -0.2) is 18.1 Å². The Morgan fingerprint density at radius 3 is 2.78 bits per heavy atom. The average Bonchev–Trinajstić information content (AvgIpc) is 2.71. The van der Waals surface area contributed by atoms with Gasteiger partial charge < -0.3 is 15.0 Å². The van der Waals surface area contributed by atoms with E-state index in [0.29, 0.717) is 32.1 Å². The van der Waals surface area contributed by atoms with Crippen LogP contribution >= 0.6 is 0 Å². The smallest absolute Gasteiger partial charge is 0.259 e. The van der Waals surface area contributed by atoms with Crippen molar-refractivity contribution in [1.29, 1.82) is 0 Å². The van der Waals surface area contributed by atoms with Crippen molar-refractivity contribution in [2.24, 2.45) is 5.73 Å². The summed E-state index contributed by atoms with van der Waals surface area (Å²) in [7, 11) is -3.55. The predicted molar refractivity (Wildman–Crippen MR) is 67.7 cm³/mol. The second kappa shape index (κ2) is 6.83. The molecule has 0 fully saturated rings. The molecule has 0 radical (unpaired) electrons. The lowest BCUT2D eigenvalue weighted by Crippen LogP contribution is -2.28. The number of hydrogen-bond donors (Lipinski definition) is 2. The summed E-state index contributed by atoms with van der Waals surface area (Å²) in [5, 5.41) is 0.0423. The Labute approximate surface area is 107 Å². The van der Waals surface area contributed by atoms with Crippen molar-refractivity contribution in [1.82, 2.24) is 14.3 Å². The van der Waals surface area contributed by atoms with Crippen LogP contribution in [0.2, 0.25) is 0 Å². The average molecular weight is 276 g/mol. The third-order valence-electron chi connectivity index (χ3n) is 2.37. The zero-order valence-corrected chi connectivity index (χ0v) is 11.5. The summed E-state index contributed by atoms with van der Waals surface area (Å²) in [6, 6.07) is 0. The van der Waals surface area contributed by atoms with Crippen LogP contribution in [0.5, 0.6) is 0 Å². The number of imidazole rings is 1. The van der Waals surface area contributed by atoms with Gasteiger partial charge in [-0.05, 0) is 13.8 Å². The molecule has 0 saturated carbocycles. The molecule has 0 aliphatic heterocycles. The molecule has 0 atom stereocenters. The van der Waals surface area contributed by atoms with Crippen LogP contribution in [-0.4, -0.2) is 44.3 Å². The Hall–Kier alpha value is -0.960. The first-order chi connectivity index (χ1) is 8.51. The van der Waals surface area contributed by atoms with Gasteiger partial charge in [-0.15, -0.1) is 0 Å². The minimum Gasteiger partial charge on any atom is -0.379 e. The van der Waals surface area contributed by atoms with Gasteiger partial charge in [0.05, 0.1) is 13.2 Å². The standard InChI is InChI=1S/C10H20N4O3S/c1-3-14-8-10(13-9(14)2)18(15,16)12-5-7-17-6-4-11/h8,12H,3-7,11H2,1-2H3. The van der Waals surface area contributed by atoms with Crippen molar-refractivity contribution in [3.05, 3.63) is 12.0 Å². The molecule has 1 aromatic rings. The molecule has 7 nitrogen and oxygen atoms in total. The molecule has 1 heterocycles. The molecule has 0 saturated heterocycles. The van der Waals surface area contributed by atoms with Gasteiger partial charge in [0.1, 0.15) is 5.82 Å². The van der Waals surface area contributed by atoms with Gasteiger partial charge in [0.2, 0.25) is 0 Å². The largest absolute Gasteiger partial charge is 0.379 e. The number of ether oxygens (including phenoxy) is 1. The molecular formula is C10H20N4O3S. The second-order valence-corrected chi connectivity index (χ2v) is 5.43. The third kappa shape index (κ3) is 4.05. The van der Waals surface area contributed by atoms with Crippen LogP contribution in [0.1, 0.15) is 12.7 Å². The summed E-state index contributed by atoms with van der Waals surface area (Å²) in [5.74, 6) is 0.678. The molecular weight excluding hydrogens is 256 g/mol. The van der Waals surface area contributed by atoms with Gasteiger partial charge in [-0.1, -0.05) is 0 Å². The Bertz CT molecular complexity index is 469. The van der Waals surface area contributed by atoms with Crippen molar-refractivity contribution in [3.63, 3.8) is 0 Å². The lowest BCUT2D eigenvalue weighted by molar-refractivity contribution is 0.147. The maximum Gasteiger partial charge on any atom is 0.259 e. The van der Waals surface area contributed by atoms with Crippen molar-refractivity contribution in [2.45, 2.75) is 25.4 Å². The first-order valence-corrected chi connectivity index (χ1v) is 7.30. The van der Waals surface area contributed by atoms with E-state index in [-0.39, 0.29) is 11.6 Å². The molecule has 1 aromatic heterocycles. The number of nitrogens with one attached hydrogen (secondary N) is 1. The number of sulfonamides is 1. The Balaban J connectivity index is 2.57. The molecule has 0 amide bonds. The van der Waals surface area contributed by atoms with Crippen LogP contribution < -0.4 is 10.5 Å². The molecule has 104 valence electrons. The van der Waals surface area contributed by atoms with E-state index < -0.39 is 10.0 Å².